The molecule has 0 spiro atoms. The number of carbonyl (C=O) groups excluding carboxylic acids is 2. The van der Waals surface area contributed by atoms with Crippen molar-refractivity contribution in [3.8, 4) is 0 Å². The molecule has 1 saturated heterocycles. The zero-order valence-corrected chi connectivity index (χ0v) is 17.8. The Kier molecular flexibility index (Phi) is 5.42. The van der Waals surface area contributed by atoms with Gasteiger partial charge < -0.3 is 10.0 Å². The first-order valence-corrected chi connectivity index (χ1v) is 10.2. The zero-order valence-electron chi connectivity index (χ0n) is 17.8. The minimum absolute atomic E-state index is 0.127. The molecule has 1 unspecified atom stereocenters. The number of aryl methyl sites for hydroxylation is 3. The van der Waals surface area contributed by atoms with E-state index in [0.29, 0.717) is 5.56 Å². The Morgan fingerprint density at radius 1 is 0.968 bits per heavy atom. The number of nitrogens with zero attached hydrogens (tertiary/aromatic N) is 2. The summed E-state index contributed by atoms with van der Waals surface area (Å²) in [7, 11) is 0. The van der Waals surface area contributed by atoms with Crippen LogP contribution in [0.5, 0.6) is 0 Å². The second kappa shape index (κ2) is 8.19. The molecule has 5 nitrogen and oxygen atoms in total. The maximum absolute atomic E-state index is 13.2. The van der Waals surface area contributed by atoms with Crippen molar-refractivity contribution in [2.75, 3.05) is 0 Å². The lowest BCUT2D eigenvalue weighted by molar-refractivity contribution is -0.140. The first-order valence-electron chi connectivity index (χ1n) is 10.2. The fraction of sp³-hybridized carbons (Fsp3) is 0.192. The molecule has 1 amide bonds. The molecule has 31 heavy (non-hydrogen) atoms. The van der Waals surface area contributed by atoms with Crippen molar-refractivity contribution in [1.29, 1.82) is 0 Å². The Labute approximate surface area is 181 Å². The average molecular weight is 412 g/mol. The third kappa shape index (κ3) is 3.75. The number of hydrogen-bond acceptors (Lipinski definition) is 4. The molecule has 1 fully saturated rings. The van der Waals surface area contributed by atoms with Crippen LogP contribution in [0.15, 0.2) is 72.6 Å². The SMILES string of the molecule is Cc1ccc(C)c(/C(O)=C2\C(=O)C(=O)N(Cc3ccncc3)C2c2ccccc2C)c1. The van der Waals surface area contributed by atoms with Crippen LogP contribution in [0.25, 0.3) is 5.76 Å². The van der Waals surface area contributed by atoms with Crippen molar-refractivity contribution in [2.45, 2.75) is 33.4 Å². The average Bonchev–Trinajstić information content (AvgIpc) is 3.01. The van der Waals surface area contributed by atoms with Crippen LogP contribution in [0.3, 0.4) is 0 Å². The summed E-state index contributed by atoms with van der Waals surface area (Å²) >= 11 is 0. The number of hydrogen-bond donors (Lipinski definition) is 1. The lowest BCUT2D eigenvalue weighted by Gasteiger charge is -2.26. The molecular formula is C26H24N2O3. The van der Waals surface area contributed by atoms with Gasteiger partial charge in [-0.25, -0.2) is 0 Å². The molecule has 2 aromatic carbocycles. The van der Waals surface area contributed by atoms with Crippen molar-refractivity contribution in [3.63, 3.8) is 0 Å². The minimum atomic E-state index is -0.672. The molecule has 1 aromatic heterocycles. The predicted molar refractivity (Wildman–Crippen MR) is 119 cm³/mol. The quantitative estimate of drug-likeness (QED) is 0.385. The fourth-order valence-electron chi connectivity index (χ4n) is 4.08. The van der Waals surface area contributed by atoms with Crippen LogP contribution in [-0.4, -0.2) is 26.7 Å². The Balaban J connectivity index is 1.92. The first kappa shape index (κ1) is 20.5. The number of Topliss-reactive ketones (excluding diaryl/α,β-unsaturated/α-hetero) is 1. The third-order valence-electron chi connectivity index (χ3n) is 5.77. The van der Waals surface area contributed by atoms with Gasteiger partial charge in [0.1, 0.15) is 5.76 Å². The summed E-state index contributed by atoms with van der Waals surface area (Å²) in [6.07, 6.45) is 3.32. The Morgan fingerprint density at radius 3 is 2.39 bits per heavy atom. The minimum Gasteiger partial charge on any atom is -0.507 e. The second-order valence-electron chi connectivity index (χ2n) is 7.96. The van der Waals surface area contributed by atoms with Gasteiger partial charge >= 0.3 is 0 Å². The number of rotatable bonds is 4. The maximum atomic E-state index is 13.2. The number of ketones is 1. The number of carbonyl (C=O) groups is 2. The van der Waals surface area contributed by atoms with E-state index in [1.54, 1.807) is 12.4 Å². The Morgan fingerprint density at radius 2 is 1.68 bits per heavy atom. The molecule has 3 aromatic rings. The van der Waals surface area contributed by atoms with E-state index < -0.39 is 17.7 Å². The van der Waals surface area contributed by atoms with Crippen LogP contribution in [0.2, 0.25) is 0 Å². The molecule has 0 aliphatic carbocycles. The van der Waals surface area contributed by atoms with Crippen LogP contribution >= 0.6 is 0 Å². The number of likely N-dealkylation sites (tertiary alicyclic amines) is 1. The molecule has 0 saturated carbocycles. The zero-order chi connectivity index (χ0) is 22.1. The van der Waals surface area contributed by atoms with Crippen molar-refractivity contribution >= 4 is 17.4 Å². The van der Waals surface area contributed by atoms with Crippen molar-refractivity contribution in [3.05, 3.63) is 106 Å². The van der Waals surface area contributed by atoms with E-state index in [1.807, 2.05) is 75.4 Å². The Bertz CT molecular complexity index is 1200. The summed E-state index contributed by atoms with van der Waals surface area (Å²) < 4.78 is 0. The molecule has 156 valence electrons. The van der Waals surface area contributed by atoms with Crippen LogP contribution in [-0.2, 0) is 16.1 Å². The van der Waals surface area contributed by atoms with Gasteiger partial charge in [0, 0.05) is 24.5 Å². The molecule has 1 atom stereocenters. The number of aliphatic hydroxyl groups is 1. The van der Waals surface area contributed by atoms with Gasteiger partial charge in [-0.2, -0.15) is 0 Å². The molecule has 1 aliphatic rings. The number of benzene rings is 2. The molecular weight excluding hydrogens is 388 g/mol. The smallest absolute Gasteiger partial charge is 0.295 e. The number of aromatic nitrogens is 1. The first-order chi connectivity index (χ1) is 14.9. The van der Waals surface area contributed by atoms with Crippen LogP contribution < -0.4 is 0 Å². The largest absolute Gasteiger partial charge is 0.507 e. The molecule has 1 N–H and O–H groups in total. The maximum Gasteiger partial charge on any atom is 0.295 e. The van der Waals surface area contributed by atoms with Gasteiger partial charge in [0.05, 0.1) is 11.6 Å². The highest BCUT2D eigenvalue weighted by molar-refractivity contribution is 6.46. The van der Waals surface area contributed by atoms with Gasteiger partial charge in [0.2, 0.25) is 0 Å². The van der Waals surface area contributed by atoms with Crippen LogP contribution in [0, 0.1) is 20.8 Å². The van der Waals surface area contributed by atoms with E-state index in [9.17, 15) is 14.7 Å². The highest BCUT2D eigenvalue weighted by atomic mass is 16.3. The second-order valence-corrected chi connectivity index (χ2v) is 7.96. The standard InChI is InChI=1S/C26H24N2O3/c1-16-8-9-18(3)21(14-16)24(29)22-23(20-7-5-4-6-17(20)2)28(26(31)25(22)30)15-19-10-12-27-13-11-19/h4-14,23,29H,15H2,1-3H3/b24-22+. The van der Waals surface area contributed by atoms with Crippen molar-refractivity contribution in [2.24, 2.45) is 0 Å². The number of amides is 1. The molecule has 0 radical (unpaired) electrons. The van der Waals surface area contributed by atoms with E-state index in [2.05, 4.69) is 4.98 Å². The summed E-state index contributed by atoms with van der Waals surface area (Å²) in [5.41, 5.74) is 5.13. The summed E-state index contributed by atoms with van der Waals surface area (Å²) in [6.45, 7) is 6.00. The van der Waals surface area contributed by atoms with Gasteiger partial charge in [0.15, 0.2) is 0 Å². The van der Waals surface area contributed by atoms with Crippen molar-refractivity contribution < 1.29 is 14.7 Å². The summed E-state index contributed by atoms with van der Waals surface area (Å²) in [4.78, 5) is 31.9. The molecule has 4 rings (SSSR count). The lowest BCUT2D eigenvalue weighted by Crippen LogP contribution is -2.29. The van der Waals surface area contributed by atoms with Gasteiger partial charge in [-0.1, -0.05) is 42.0 Å². The van der Waals surface area contributed by atoms with E-state index in [1.165, 1.54) is 4.90 Å². The monoisotopic (exact) mass is 412 g/mol. The van der Waals surface area contributed by atoms with Crippen LogP contribution in [0.1, 0.15) is 39.4 Å². The van der Waals surface area contributed by atoms with E-state index in [0.717, 1.165) is 27.8 Å². The van der Waals surface area contributed by atoms with E-state index >= 15 is 0 Å². The van der Waals surface area contributed by atoms with E-state index in [-0.39, 0.29) is 17.9 Å². The number of aliphatic hydroxyl groups excluding tert-OH is 1. The van der Waals surface area contributed by atoms with Gasteiger partial charge in [-0.3, -0.25) is 14.6 Å². The summed E-state index contributed by atoms with van der Waals surface area (Å²) in [5.74, 6) is -1.41. The number of pyridine rings is 1. The fourth-order valence-corrected chi connectivity index (χ4v) is 4.08. The topological polar surface area (TPSA) is 70.5 Å². The summed E-state index contributed by atoms with van der Waals surface area (Å²) in [6, 6.07) is 16.3. The van der Waals surface area contributed by atoms with Gasteiger partial charge in [-0.15, -0.1) is 0 Å². The van der Waals surface area contributed by atoms with E-state index in [4.69, 9.17) is 0 Å². The summed E-state index contributed by atoms with van der Waals surface area (Å²) in [5, 5.41) is 11.3. The highest BCUT2D eigenvalue weighted by Crippen LogP contribution is 2.41. The third-order valence-corrected chi connectivity index (χ3v) is 5.77. The predicted octanol–water partition coefficient (Wildman–Crippen LogP) is 4.63. The van der Waals surface area contributed by atoms with Crippen LogP contribution in [0.4, 0.5) is 0 Å². The lowest BCUT2D eigenvalue weighted by atomic mass is 9.91. The van der Waals surface area contributed by atoms with Crippen molar-refractivity contribution in [1.82, 2.24) is 9.88 Å². The normalized spacial score (nSPS) is 17.9. The van der Waals surface area contributed by atoms with Gasteiger partial charge in [0.25, 0.3) is 11.7 Å². The Hall–Kier alpha value is -3.73. The highest BCUT2D eigenvalue weighted by Gasteiger charge is 2.46. The van der Waals surface area contributed by atoms with Gasteiger partial charge in [-0.05, 0) is 61.2 Å². The molecule has 1 aliphatic heterocycles. The molecule has 0 bridgehead atoms. The molecule has 2 heterocycles. The molecule has 5 heteroatoms.